The lowest BCUT2D eigenvalue weighted by molar-refractivity contribution is 0.0696. The van der Waals surface area contributed by atoms with Crippen molar-refractivity contribution in [1.29, 1.82) is 0 Å². The maximum absolute atomic E-state index is 13.3. The zero-order valence-electron chi connectivity index (χ0n) is 23.8. The summed E-state index contributed by atoms with van der Waals surface area (Å²) in [5.41, 5.74) is 4.34. The summed E-state index contributed by atoms with van der Waals surface area (Å²) in [4.78, 5) is 45.5. The van der Waals surface area contributed by atoms with E-state index in [1.165, 1.54) is 19.2 Å². The van der Waals surface area contributed by atoms with Crippen LogP contribution in [0.1, 0.15) is 56.7 Å². The summed E-state index contributed by atoms with van der Waals surface area (Å²) < 4.78 is 11.1. The maximum Gasteiger partial charge on any atom is 0.335 e. The number of carbonyl (C=O) groups is 3. The molecule has 0 atom stereocenters. The number of unbranched alkanes of at least 4 members (excludes halogenated alkanes) is 1. The molecular weight excluding hydrogens is 540 g/mol. The van der Waals surface area contributed by atoms with Crippen molar-refractivity contribution < 1.29 is 24.2 Å². The summed E-state index contributed by atoms with van der Waals surface area (Å²) in [7, 11) is 3.27. The molecule has 1 amide bonds. The average Bonchev–Trinajstić information content (AvgIpc) is 3.66. The van der Waals surface area contributed by atoms with Crippen LogP contribution in [0, 0.1) is 6.92 Å². The Morgan fingerprint density at radius 3 is 2.43 bits per heavy atom. The number of carbonyl (C=O) groups excluding carboxylic acids is 2. The molecule has 0 bridgehead atoms. The molecule has 0 aliphatic rings. The number of carboxylic acids is 1. The van der Waals surface area contributed by atoms with Gasteiger partial charge in [-0.2, -0.15) is 5.10 Å². The molecule has 0 fully saturated rings. The van der Waals surface area contributed by atoms with Crippen LogP contribution in [0.4, 0.5) is 11.9 Å². The van der Waals surface area contributed by atoms with E-state index in [1.807, 2.05) is 24.5 Å². The number of aromatic nitrogens is 6. The van der Waals surface area contributed by atoms with Gasteiger partial charge in [0.25, 0.3) is 5.91 Å². The maximum atomic E-state index is 13.3. The predicted molar refractivity (Wildman–Crippen MR) is 158 cm³/mol. The molecule has 0 saturated carbocycles. The van der Waals surface area contributed by atoms with Crippen LogP contribution in [0.5, 0.6) is 5.75 Å². The van der Waals surface area contributed by atoms with E-state index in [4.69, 9.17) is 4.74 Å². The first kappa shape index (κ1) is 28.3. The zero-order valence-corrected chi connectivity index (χ0v) is 23.8. The zero-order chi connectivity index (χ0) is 30.0. The van der Waals surface area contributed by atoms with Crippen LogP contribution in [-0.2, 0) is 19.6 Å². The Morgan fingerprint density at radius 2 is 1.76 bits per heavy atom. The van der Waals surface area contributed by atoms with E-state index in [9.17, 15) is 19.5 Å². The number of fused-ring (bicyclic) bond motifs is 2. The first-order valence-corrected chi connectivity index (χ1v) is 13.6. The molecule has 0 radical (unpaired) electrons. The number of amides is 1. The molecule has 0 saturated heterocycles. The summed E-state index contributed by atoms with van der Waals surface area (Å²) in [6.45, 7) is 5.37. The van der Waals surface area contributed by atoms with Crippen LogP contribution in [0.15, 0.2) is 36.4 Å². The van der Waals surface area contributed by atoms with Crippen molar-refractivity contribution >= 4 is 52.1 Å². The van der Waals surface area contributed by atoms with Gasteiger partial charge in [0, 0.05) is 32.2 Å². The fourth-order valence-corrected chi connectivity index (χ4v) is 5.13. The minimum atomic E-state index is -1.11. The van der Waals surface area contributed by atoms with Gasteiger partial charge in [0.1, 0.15) is 23.2 Å². The van der Waals surface area contributed by atoms with E-state index in [-0.39, 0.29) is 17.4 Å². The summed E-state index contributed by atoms with van der Waals surface area (Å²) in [6, 6.07) is 10.0. The van der Waals surface area contributed by atoms with Gasteiger partial charge in [-0.1, -0.05) is 0 Å². The van der Waals surface area contributed by atoms with Gasteiger partial charge in [-0.3, -0.25) is 19.6 Å². The number of aromatic carboxylic acids is 1. The monoisotopic (exact) mass is 572 g/mol. The van der Waals surface area contributed by atoms with Crippen LogP contribution in [-0.4, -0.2) is 66.3 Å². The SMILES string of the molecule is CCn1nc(C)cc1C(=O)Nc1nc2cc(C(=O)O)cc(OC)c2n1CCCCn1c(NC)nc2cc(C=O)ccc21. The first-order valence-electron chi connectivity index (χ1n) is 13.6. The number of hydrogen-bond acceptors (Lipinski definition) is 8. The molecule has 0 spiro atoms. The Hall–Kier alpha value is -5.20. The highest BCUT2D eigenvalue weighted by atomic mass is 16.5. The normalized spacial score (nSPS) is 11.2. The molecule has 3 heterocycles. The average molecular weight is 573 g/mol. The van der Waals surface area contributed by atoms with Crippen molar-refractivity contribution in [2.45, 2.75) is 46.3 Å². The fourth-order valence-electron chi connectivity index (χ4n) is 5.13. The van der Waals surface area contributed by atoms with E-state index in [0.717, 1.165) is 29.4 Å². The molecule has 2 aromatic carbocycles. The van der Waals surface area contributed by atoms with Crippen LogP contribution in [0.3, 0.4) is 0 Å². The molecular formula is C29H32N8O5. The smallest absolute Gasteiger partial charge is 0.335 e. The van der Waals surface area contributed by atoms with Crippen LogP contribution in [0.2, 0.25) is 0 Å². The number of nitrogens with one attached hydrogen (secondary N) is 2. The number of nitrogens with zero attached hydrogens (tertiary/aromatic N) is 6. The van der Waals surface area contributed by atoms with Gasteiger partial charge in [0.05, 0.1) is 34.9 Å². The van der Waals surface area contributed by atoms with Gasteiger partial charge >= 0.3 is 5.97 Å². The van der Waals surface area contributed by atoms with E-state index in [0.29, 0.717) is 60.0 Å². The van der Waals surface area contributed by atoms with Gasteiger partial charge < -0.3 is 24.3 Å². The van der Waals surface area contributed by atoms with E-state index >= 15 is 0 Å². The lowest BCUT2D eigenvalue weighted by Gasteiger charge is -2.13. The van der Waals surface area contributed by atoms with Crippen molar-refractivity contribution in [3.8, 4) is 5.75 Å². The number of methoxy groups -OCH3 is 1. The molecule has 13 heteroatoms. The highest BCUT2D eigenvalue weighted by Crippen LogP contribution is 2.31. The Kier molecular flexibility index (Phi) is 7.91. The van der Waals surface area contributed by atoms with Crippen LogP contribution >= 0.6 is 0 Å². The number of ether oxygens (including phenoxy) is 1. The quantitative estimate of drug-likeness (QED) is 0.147. The number of rotatable bonds is 12. The molecule has 0 aliphatic carbocycles. The minimum absolute atomic E-state index is 0.0332. The van der Waals surface area contributed by atoms with Gasteiger partial charge in [-0.15, -0.1) is 0 Å². The van der Waals surface area contributed by atoms with Crippen molar-refractivity contribution in [1.82, 2.24) is 28.9 Å². The second-order valence-electron chi connectivity index (χ2n) is 9.79. The Morgan fingerprint density at radius 1 is 1.02 bits per heavy atom. The number of hydrogen-bond donors (Lipinski definition) is 3. The lowest BCUT2D eigenvalue weighted by Crippen LogP contribution is -2.20. The Balaban J connectivity index is 1.45. The topological polar surface area (TPSA) is 158 Å². The van der Waals surface area contributed by atoms with E-state index in [2.05, 4.69) is 30.3 Å². The van der Waals surface area contributed by atoms with Crippen molar-refractivity contribution in [3.63, 3.8) is 0 Å². The fraction of sp³-hybridized carbons (Fsp3) is 0.310. The van der Waals surface area contributed by atoms with Crippen LogP contribution < -0.4 is 15.4 Å². The summed E-state index contributed by atoms with van der Waals surface area (Å²) >= 11 is 0. The molecule has 3 N–H and O–H groups in total. The Bertz CT molecular complexity index is 1820. The molecule has 0 aliphatic heterocycles. The third-order valence-electron chi connectivity index (χ3n) is 7.08. The number of anilines is 2. The number of benzene rings is 2. The number of carboxylic acid groups (broad SMARTS) is 1. The van der Waals surface area contributed by atoms with Crippen molar-refractivity contribution in [2.24, 2.45) is 0 Å². The molecule has 5 rings (SSSR count). The van der Waals surface area contributed by atoms with Gasteiger partial charge in [-0.25, -0.2) is 14.8 Å². The predicted octanol–water partition coefficient (Wildman–Crippen LogP) is 4.20. The first-order chi connectivity index (χ1) is 20.3. The minimum Gasteiger partial charge on any atom is -0.494 e. The molecule has 0 unspecified atom stereocenters. The largest absolute Gasteiger partial charge is 0.494 e. The Labute approximate surface area is 241 Å². The summed E-state index contributed by atoms with van der Waals surface area (Å²) in [5, 5.41) is 20.0. The highest BCUT2D eigenvalue weighted by Gasteiger charge is 2.22. The van der Waals surface area contributed by atoms with Crippen LogP contribution in [0.25, 0.3) is 22.1 Å². The molecule has 13 nitrogen and oxygen atoms in total. The molecule has 218 valence electrons. The van der Waals surface area contributed by atoms with Crippen molar-refractivity contribution in [2.75, 3.05) is 24.8 Å². The van der Waals surface area contributed by atoms with Gasteiger partial charge in [0.2, 0.25) is 11.9 Å². The third kappa shape index (κ3) is 5.28. The number of aryl methyl sites for hydroxylation is 4. The summed E-state index contributed by atoms with van der Waals surface area (Å²) in [6.07, 6.45) is 2.24. The standard InChI is InChI=1S/C29H32N8O5/c1-5-37-23(12-17(2)34-37)26(39)33-29-32-21-14-19(27(40)41)15-24(42-4)25(21)36(29)11-7-6-10-35-22-9-8-18(16-38)13-20(22)31-28(35)30-3/h8-9,12-16H,5-7,10-11H2,1-4H3,(H,30,31)(H,40,41)(H,32,33,39). The highest BCUT2D eigenvalue weighted by molar-refractivity contribution is 6.04. The third-order valence-corrected chi connectivity index (χ3v) is 7.08. The number of imidazole rings is 2. The molecule has 3 aromatic heterocycles. The van der Waals surface area contributed by atoms with Gasteiger partial charge in [0.15, 0.2) is 0 Å². The lowest BCUT2D eigenvalue weighted by atomic mass is 10.2. The molecule has 42 heavy (non-hydrogen) atoms. The second-order valence-corrected chi connectivity index (χ2v) is 9.79. The van der Waals surface area contributed by atoms with Gasteiger partial charge in [-0.05, 0) is 63.1 Å². The molecule has 5 aromatic rings. The second kappa shape index (κ2) is 11.7. The number of aldehydes is 1. The van der Waals surface area contributed by atoms with Crippen molar-refractivity contribution in [3.05, 3.63) is 58.9 Å². The van der Waals surface area contributed by atoms with E-state index in [1.54, 1.807) is 29.9 Å². The summed E-state index contributed by atoms with van der Waals surface area (Å²) in [5.74, 6) is -0.158. The van der Waals surface area contributed by atoms with E-state index < -0.39 is 5.97 Å².